The minimum Gasteiger partial charge on any atom is -0.376 e. The maximum Gasteiger partial charge on any atom is 0.193 e. The van der Waals surface area contributed by atoms with Crippen LogP contribution in [0.15, 0.2) is 11.2 Å². The third kappa shape index (κ3) is 5.63. The van der Waals surface area contributed by atoms with Crippen LogP contribution in [0.3, 0.4) is 0 Å². The molecule has 1 aliphatic heterocycles. The van der Waals surface area contributed by atoms with E-state index in [0.29, 0.717) is 12.0 Å². The molecule has 132 valence electrons. The van der Waals surface area contributed by atoms with E-state index < -0.39 is 0 Å². The molecule has 0 amide bonds. The zero-order valence-electron chi connectivity index (χ0n) is 14.9. The highest BCUT2D eigenvalue weighted by Crippen LogP contribution is 2.18. The van der Waals surface area contributed by atoms with E-state index in [2.05, 4.69) is 47.4 Å². The molecular weight excluding hydrogens is 405 g/mol. The molecule has 1 unspecified atom stereocenters. The van der Waals surface area contributed by atoms with Crippen molar-refractivity contribution >= 4 is 29.9 Å². The molecule has 23 heavy (non-hydrogen) atoms. The Morgan fingerprint density at radius 2 is 2.30 bits per heavy atom. The van der Waals surface area contributed by atoms with Crippen LogP contribution in [0, 0.1) is 0 Å². The van der Waals surface area contributed by atoms with Gasteiger partial charge < -0.3 is 15.0 Å². The molecule has 1 fully saturated rings. The zero-order valence-corrected chi connectivity index (χ0v) is 17.2. The summed E-state index contributed by atoms with van der Waals surface area (Å²) in [5, 5.41) is 7.98. The number of nitrogens with zero attached hydrogens (tertiary/aromatic N) is 4. The number of aryl methyl sites for hydroxylation is 1. The van der Waals surface area contributed by atoms with Gasteiger partial charge in [-0.25, -0.2) is 0 Å². The molecular formula is C16H30IN5O. The third-order valence-electron chi connectivity index (χ3n) is 3.98. The van der Waals surface area contributed by atoms with Crippen molar-refractivity contribution in [3.63, 3.8) is 0 Å². The molecule has 1 aromatic rings. The highest BCUT2D eigenvalue weighted by atomic mass is 127. The minimum atomic E-state index is 0. The van der Waals surface area contributed by atoms with E-state index in [9.17, 15) is 0 Å². The van der Waals surface area contributed by atoms with Crippen molar-refractivity contribution in [2.45, 2.75) is 45.3 Å². The van der Waals surface area contributed by atoms with Crippen molar-refractivity contribution in [2.24, 2.45) is 12.0 Å². The number of rotatable bonds is 5. The Kier molecular flexibility index (Phi) is 8.32. The second-order valence-corrected chi connectivity index (χ2v) is 6.29. The van der Waals surface area contributed by atoms with Gasteiger partial charge >= 0.3 is 0 Å². The summed E-state index contributed by atoms with van der Waals surface area (Å²) >= 11 is 0. The van der Waals surface area contributed by atoms with Gasteiger partial charge in [-0.05, 0) is 18.8 Å². The highest BCUT2D eigenvalue weighted by molar-refractivity contribution is 14.0. The number of halogens is 1. The second-order valence-electron chi connectivity index (χ2n) is 6.29. The van der Waals surface area contributed by atoms with Gasteiger partial charge in [-0.2, -0.15) is 5.10 Å². The largest absolute Gasteiger partial charge is 0.376 e. The predicted molar refractivity (Wildman–Crippen MR) is 105 cm³/mol. The van der Waals surface area contributed by atoms with Gasteiger partial charge in [0.05, 0.1) is 11.8 Å². The van der Waals surface area contributed by atoms with Crippen LogP contribution < -0.4 is 5.32 Å². The first-order valence-corrected chi connectivity index (χ1v) is 8.07. The van der Waals surface area contributed by atoms with Crippen LogP contribution in [-0.4, -0.2) is 54.0 Å². The number of aliphatic imine (C=N–C) groups is 1. The lowest BCUT2D eigenvalue weighted by atomic mass is 10.1. The Hall–Kier alpha value is -0.830. The molecule has 0 aliphatic carbocycles. The zero-order chi connectivity index (χ0) is 16.1. The van der Waals surface area contributed by atoms with Crippen LogP contribution in [0.2, 0.25) is 0 Å². The highest BCUT2D eigenvalue weighted by Gasteiger charge is 2.18. The Morgan fingerprint density at radius 3 is 2.87 bits per heavy atom. The van der Waals surface area contributed by atoms with Crippen molar-refractivity contribution in [1.82, 2.24) is 20.0 Å². The number of ether oxygens (including phenoxy) is 1. The third-order valence-corrected chi connectivity index (χ3v) is 3.98. The minimum absolute atomic E-state index is 0. The van der Waals surface area contributed by atoms with Gasteiger partial charge in [0.15, 0.2) is 5.96 Å². The van der Waals surface area contributed by atoms with E-state index in [1.54, 1.807) is 0 Å². The molecule has 1 aromatic heterocycles. The Balaban J connectivity index is 0.00000264. The van der Waals surface area contributed by atoms with Gasteiger partial charge in [0, 0.05) is 52.6 Å². The van der Waals surface area contributed by atoms with Gasteiger partial charge in [0.25, 0.3) is 0 Å². The molecule has 1 aliphatic rings. The molecule has 0 radical (unpaired) electrons. The van der Waals surface area contributed by atoms with Gasteiger partial charge in [0.2, 0.25) is 0 Å². The van der Waals surface area contributed by atoms with E-state index in [0.717, 1.165) is 44.2 Å². The van der Waals surface area contributed by atoms with Crippen LogP contribution in [-0.2, 0) is 18.3 Å². The van der Waals surface area contributed by atoms with Crippen molar-refractivity contribution in [3.8, 4) is 0 Å². The monoisotopic (exact) mass is 435 g/mol. The molecule has 1 saturated heterocycles. The fraction of sp³-hybridized carbons (Fsp3) is 0.750. The summed E-state index contributed by atoms with van der Waals surface area (Å²) in [4.78, 5) is 6.51. The van der Waals surface area contributed by atoms with E-state index in [1.807, 2.05) is 18.8 Å². The van der Waals surface area contributed by atoms with Crippen LogP contribution in [0.4, 0.5) is 0 Å². The number of aromatic nitrogens is 2. The van der Waals surface area contributed by atoms with Gasteiger partial charge in [0.1, 0.15) is 0 Å². The average molecular weight is 435 g/mol. The first-order chi connectivity index (χ1) is 10.5. The first-order valence-electron chi connectivity index (χ1n) is 8.07. The van der Waals surface area contributed by atoms with Gasteiger partial charge in [-0.3, -0.25) is 9.67 Å². The van der Waals surface area contributed by atoms with Crippen molar-refractivity contribution in [2.75, 3.05) is 27.2 Å². The van der Waals surface area contributed by atoms with Gasteiger partial charge in [-0.1, -0.05) is 13.8 Å². The Morgan fingerprint density at radius 1 is 1.57 bits per heavy atom. The standard InChI is InChI=1S/C16H29N5O.HI/c1-12(2)15-13(11-21(5)19-15)10-20(4)16(17-3)18-9-14-7-6-8-22-14;/h11-12,14H,6-10H2,1-5H3,(H,17,18);1H. The van der Waals surface area contributed by atoms with Gasteiger partial charge in [-0.15, -0.1) is 24.0 Å². The Labute approximate surface area is 156 Å². The maximum absolute atomic E-state index is 5.65. The van der Waals surface area contributed by atoms with E-state index in [-0.39, 0.29) is 24.0 Å². The maximum atomic E-state index is 5.65. The molecule has 2 heterocycles. The lowest BCUT2D eigenvalue weighted by molar-refractivity contribution is 0.113. The van der Waals surface area contributed by atoms with Crippen LogP contribution in [0.25, 0.3) is 0 Å². The van der Waals surface area contributed by atoms with E-state index in [4.69, 9.17) is 4.74 Å². The lowest BCUT2D eigenvalue weighted by Crippen LogP contribution is -2.41. The fourth-order valence-corrected chi connectivity index (χ4v) is 2.89. The van der Waals surface area contributed by atoms with Crippen molar-refractivity contribution < 1.29 is 4.74 Å². The van der Waals surface area contributed by atoms with Crippen molar-refractivity contribution in [3.05, 3.63) is 17.5 Å². The summed E-state index contributed by atoms with van der Waals surface area (Å²) in [6, 6.07) is 0. The second kappa shape index (κ2) is 9.46. The number of hydrogen-bond acceptors (Lipinski definition) is 3. The lowest BCUT2D eigenvalue weighted by Gasteiger charge is -2.23. The summed E-state index contributed by atoms with van der Waals surface area (Å²) in [6.45, 7) is 6.86. The summed E-state index contributed by atoms with van der Waals surface area (Å²) in [6.07, 6.45) is 4.70. The van der Waals surface area contributed by atoms with E-state index >= 15 is 0 Å². The molecule has 1 N–H and O–H groups in total. The summed E-state index contributed by atoms with van der Waals surface area (Å²) in [7, 11) is 5.85. The van der Waals surface area contributed by atoms with Crippen LogP contribution in [0.1, 0.15) is 43.9 Å². The molecule has 0 bridgehead atoms. The molecule has 0 spiro atoms. The summed E-state index contributed by atoms with van der Waals surface area (Å²) in [5.41, 5.74) is 2.41. The fourth-order valence-electron chi connectivity index (χ4n) is 2.89. The summed E-state index contributed by atoms with van der Waals surface area (Å²) in [5.74, 6) is 1.32. The molecule has 6 nitrogen and oxygen atoms in total. The normalized spacial score (nSPS) is 18.2. The summed E-state index contributed by atoms with van der Waals surface area (Å²) < 4.78 is 7.54. The molecule has 0 aromatic carbocycles. The number of hydrogen-bond donors (Lipinski definition) is 1. The average Bonchev–Trinajstić information content (AvgIpc) is 3.09. The SMILES string of the molecule is CN=C(NCC1CCCO1)N(C)Cc1cn(C)nc1C(C)C.I. The molecule has 7 heteroatoms. The Bertz CT molecular complexity index is 509. The van der Waals surface area contributed by atoms with E-state index in [1.165, 1.54) is 5.56 Å². The quantitative estimate of drug-likeness (QED) is 0.439. The first kappa shape index (κ1) is 20.2. The topological polar surface area (TPSA) is 54.7 Å². The van der Waals surface area contributed by atoms with Crippen LogP contribution >= 0.6 is 24.0 Å². The molecule has 0 saturated carbocycles. The predicted octanol–water partition coefficient (Wildman–Crippen LogP) is 2.35. The molecule has 1 atom stereocenters. The molecule has 2 rings (SSSR count). The number of guanidine groups is 1. The van der Waals surface area contributed by atoms with Crippen LogP contribution in [0.5, 0.6) is 0 Å². The smallest absolute Gasteiger partial charge is 0.193 e. The van der Waals surface area contributed by atoms with Crippen molar-refractivity contribution in [1.29, 1.82) is 0 Å². The number of nitrogens with one attached hydrogen (secondary N) is 1.